The van der Waals surface area contributed by atoms with Crippen LogP contribution in [0.4, 0.5) is 4.39 Å². The lowest BCUT2D eigenvalue weighted by molar-refractivity contribution is -0.128. The Balaban J connectivity index is 2.13. The average molecular weight is 282 g/mol. The van der Waals surface area contributed by atoms with Crippen molar-refractivity contribution in [3.8, 4) is 0 Å². The van der Waals surface area contributed by atoms with Crippen molar-refractivity contribution >= 4 is 17.7 Å². The summed E-state index contributed by atoms with van der Waals surface area (Å²) in [6.45, 7) is 3.16. The Hall–Kier alpha value is -1.07. The molecule has 5 heteroatoms. The molecule has 1 fully saturated rings. The predicted molar refractivity (Wildman–Crippen MR) is 76.4 cm³/mol. The molecule has 2 rings (SSSR count). The fraction of sp³-hybridized carbons (Fsp3) is 0.500. The molecule has 0 aromatic heterocycles. The van der Waals surface area contributed by atoms with Crippen LogP contribution in [0.2, 0.25) is 0 Å². The zero-order chi connectivity index (χ0) is 13.8. The maximum absolute atomic E-state index is 13.3. The van der Waals surface area contributed by atoms with Gasteiger partial charge in [0.2, 0.25) is 5.91 Å². The topological polar surface area (TPSA) is 32.3 Å². The van der Waals surface area contributed by atoms with E-state index in [1.165, 1.54) is 12.1 Å². The van der Waals surface area contributed by atoms with Crippen molar-refractivity contribution in [1.29, 1.82) is 0 Å². The van der Waals surface area contributed by atoms with Crippen molar-refractivity contribution in [2.24, 2.45) is 5.92 Å². The molecule has 19 heavy (non-hydrogen) atoms. The fourth-order valence-corrected chi connectivity index (χ4v) is 3.07. The molecule has 0 radical (unpaired) electrons. The number of nitrogens with one attached hydrogen (secondary N) is 1. The number of benzene rings is 1. The quantitative estimate of drug-likeness (QED) is 0.899. The first-order chi connectivity index (χ1) is 9.11. The van der Waals surface area contributed by atoms with E-state index in [1.54, 1.807) is 17.8 Å². The van der Waals surface area contributed by atoms with Crippen LogP contribution in [-0.4, -0.2) is 35.9 Å². The maximum atomic E-state index is 13.3. The highest BCUT2D eigenvalue weighted by molar-refractivity contribution is 7.98. The van der Waals surface area contributed by atoms with E-state index in [0.29, 0.717) is 19.0 Å². The highest BCUT2D eigenvalue weighted by Crippen LogP contribution is 2.24. The molecule has 1 aliphatic rings. The minimum Gasteiger partial charge on any atom is -0.322 e. The van der Waals surface area contributed by atoms with E-state index in [4.69, 9.17) is 0 Å². The zero-order valence-electron chi connectivity index (χ0n) is 11.2. The SMILES string of the molecule is CSCC(C)CN1C(=O)CNC1c1cccc(F)c1. The van der Waals surface area contributed by atoms with Crippen molar-refractivity contribution in [1.82, 2.24) is 10.2 Å². The van der Waals surface area contributed by atoms with Gasteiger partial charge in [0.1, 0.15) is 12.0 Å². The predicted octanol–water partition coefficient (Wildman–Crippen LogP) is 2.26. The standard InChI is InChI=1S/C14H19FN2OS/c1-10(9-19-2)8-17-13(18)7-16-14(17)11-4-3-5-12(15)6-11/h3-6,10,14,16H,7-9H2,1-2H3. The van der Waals surface area contributed by atoms with E-state index in [9.17, 15) is 9.18 Å². The van der Waals surface area contributed by atoms with Crippen LogP contribution in [0.3, 0.4) is 0 Å². The van der Waals surface area contributed by atoms with Gasteiger partial charge in [-0.05, 0) is 35.6 Å². The van der Waals surface area contributed by atoms with E-state index in [-0.39, 0.29) is 17.9 Å². The van der Waals surface area contributed by atoms with Crippen molar-refractivity contribution in [2.45, 2.75) is 13.1 Å². The van der Waals surface area contributed by atoms with E-state index in [2.05, 4.69) is 18.5 Å². The van der Waals surface area contributed by atoms with Gasteiger partial charge in [-0.15, -0.1) is 0 Å². The summed E-state index contributed by atoms with van der Waals surface area (Å²) < 4.78 is 13.3. The summed E-state index contributed by atoms with van der Waals surface area (Å²) in [6.07, 6.45) is 1.86. The summed E-state index contributed by atoms with van der Waals surface area (Å²) in [5, 5.41) is 3.15. The first kappa shape index (κ1) is 14.3. The molecule has 1 N–H and O–H groups in total. The average Bonchev–Trinajstić information content (AvgIpc) is 2.71. The lowest BCUT2D eigenvalue weighted by Gasteiger charge is -2.27. The van der Waals surface area contributed by atoms with Crippen LogP contribution in [0.1, 0.15) is 18.7 Å². The second-order valence-electron chi connectivity index (χ2n) is 4.95. The summed E-state index contributed by atoms with van der Waals surface area (Å²) in [6, 6.07) is 6.44. The van der Waals surface area contributed by atoms with Crippen molar-refractivity contribution in [3.05, 3.63) is 35.6 Å². The normalized spacial score (nSPS) is 20.9. The Bertz CT molecular complexity index is 455. The third-order valence-electron chi connectivity index (χ3n) is 3.20. The number of carbonyl (C=O) groups excluding carboxylic acids is 1. The number of amides is 1. The van der Waals surface area contributed by atoms with Gasteiger partial charge in [-0.2, -0.15) is 11.8 Å². The number of thioether (sulfide) groups is 1. The molecule has 1 aromatic rings. The van der Waals surface area contributed by atoms with E-state index >= 15 is 0 Å². The van der Waals surface area contributed by atoms with E-state index in [1.807, 2.05) is 11.0 Å². The van der Waals surface area contributed by atoms with Crippen molar-refractivity contribution < 1.29 is 9.18 Å². The molecule has 3 nitrogen and oxygen atoms in total. The number of halogens is 1. The second-order valence-corrected chi connectivity index (χ2v) is 5.86. The minimum atomic E-state index is -0.268. The summed E-state index contributed by atoms with van der Waals surface area (Å²) in [5.74, 6) is 1.26. The monoisotopic (exact) mass is 282 g/mol. The Morgan fingerprint density at radius 2 is 2.37 bits per heavy atom. The van der Waals surface area contributed by atoms with Gasteiger partial charge in [-0.25, -0.2) is 4.39 Å². The minimum absolute atomic E-state index is 0.0854. The molecule has 1 aliphatic heterocycles. The Morgan fingerprint density at radius 3 is 3.05 bits per heavy atom. The number of hydrogen-bond acceptors (Lipinski definition) is 3. The summed E-state index contributed by atoms with van der Waals surface area (Å²) in [4.78, 5) is 13.8. The Labute approximate surface area is 117 Å². The highest BCUT2D eigenvalue weighted by Gasteiger charge is 2.32. The summed E-state index contributed by atoms with van der Waals surface area (Å²) in [7, 11) is 0. The molecular formula is C14H19FN2OS. The van der Waals surface area contributed by atoms with Crippen LogP contribution in [-0.2, 0) is 4.79 Å². The van der Waals surface area contributed by atoms with Gasteiger partial charge in [0.05, 0.1) is 6.54 Å². The Morgan fingerprint density at radius 1 is 1.58 bits per heavy atom. The van der Waals surface area contributed by atoms with Gasteiger partial charge in [0.15, 0.2) is 0 Å². The molecular weight excluding hydrogens is 263 g/mol. The molecule has 0 aliphatic carbocycles. The van der Waals surface area contributed by atoms with Crippen LogP contribution in [0.5, 0.6) is 0 Å². The lowest BCUT2D eigenvalue weighted by Crippen LogP contribution is -2.34. The maximum Gasteiger partial charge on any atom is 0.238 e. The third-order valence-corrected chi connectivity index (χ3v) is 4.10. The van der Waals surface area contributed by atoms with Gasteiger partial charge in [0, 0.05) is 6.54 Å². The lowest BCUT2D eigenvalue weighted by atomic mass is 10.1. The van der Waals surface area contributed by atoms with Gasteiger partial charge < -0.3 is 4.90 Å². The summed E-state index contributed by atoms with van der Waals surface area (Å²) >= 11 is 1.78. The van der Waals surface area contributed by atoms with Crippen molar-refractivity contribution in [2.75, 3.05) is 25.1 Å². The van der Waals surface area contributed by atoms with E-state index in [0.717, 1.165) is 11.3 Å². The summed E-state index contributed by atoms with van der Waals surface area (Å²) in [5.41, 5.74) is 0.808. The molecule has 1 heterocycles. The van der Waals surface area contributed by atoms with Gasteiger partial charge in [0.25, 0.3) is 0 Å². The molecule has 1 amide bonds. The molecule has 104 valence electrons. The molecule has 0 bridgehead atoms. The second kappa shape index (κ2) is 6.39. The first-order valence-electron chi connectivity index (χ1n) is 6.39. The zero-order valence-corrected chi connectivity index (χ0v) is 12.0. The largest absolute Gasteiger partial charge is 0.322 e. The van der Waals surface area contributed by atoms with Crippen LogP contribution >= 0.6 is 11.8 Å². The third kappa shape index (κ3) is 3.48. The van der Waals surface area contributed by atoms with E-state index < -0.39 is 0 Å². The highest BCUT2D eigenvalue weighted by atomic mass is 32.2. The van der Waals surface area contributed by atoms with Gasteiger partial charge >= 0.3 is 0 Å². The fourth-order valence-electron chi connectivity index (χ4n) is 2.39. The molecule has 2 atom stereocenters. The molecule has 1 aromatic carbocycles. The number of carbonyl (C=O) groups is 1. The number of nitrogens with zero attached hydrogens (tertiary/aromatic N) is 1. The van der Waals surface area contributed by atoms with Crippen molar-refractivity contribution in [3.63, 3.8) is 0 Å². The number of rotatable bonds is 5. The molecule has 2 unspecified atom stereocenters. The first-order valence-corrected chi connectivity index (χ1v) is 7.78. The molecule has 1 saturated heterocycles. The van der Waals surface area contributed by atoms with Crippen LogP contribution in [0, 0.1) is 11.7 Å². The molecule has 0 spiro atoms. The smallest absolute Gasteiger partial charge is 0.238 e. The number of hydrogen-bond donors (Lipinski definition) is 1. The van der Waals surface area contributed by atoms with Crippen LogP contribution < -0.4 is 5.32 Å². The molecule has 0 saturated carbocycles. The van der Waals surface area contributed by atoms with Gasteiger partial charge in [-0.3, -0.25) is 10.1 Å². The van der Waals surface area contributed by atoms with Gasteiger partial charge in [-0.1, -0.05) is 19.1 Å². The van der Waals surface area contributed by atoms with Crippen LogP contribution in [0.25, 0.3) is 0 Å². The van der Waals surface area contributed by atoms with Crippen LogP contribution in [0.15, 0.2) is 24.3 Å². The Kier molecular flexibility index (Phi) is 4.82.